The van der Waals surface area contributed by atoms with E-state index in [2.05, 4.69) is 25.2 Å². The van der Waals surface area contributed by atoms with Gasteiger partial charge in [-0.2, -0.15) is 0 Å². The van der Waals surface area contributed by atoms with Crippen molar-refractivity contribution in [1.82, 2.24) is 5.32 Å². The van der Waals surface area contributed by atoms with E-state index < -0.39 is 0 Å². The molecule has 0 spiro atoms. The highest BCUT2D eigenvalue weighted by Crippen LogP contribution is 2.24. The summed E-state index contributed by atoms with van der Waals surface area (Å²) in [5.74, 6) is 3.46. The fraction of sp³-hybridized carbons (Fsp3) is 0.778. The van der Waals surface area contributed by atoms with Crippen LogP contribution in [0.3, 0.4) is 0 Å². The Morgan fingerprint density at radius 1 is 1.29 bits per heavy atom. The van der Waals surface area contributed by atoms with Crippen LogP contribution in [0.2, 0.25) is 0 Å². The monoisotopic (exact) mass is 293 g/mol. The SMILES string of the molecule is Cc1oc(CNCC(C)C)cc1COCC1CCCCC1. The molecule has 2 rings (SSSR count). The smallest absolute Gasteiger partial charge is 0.118 e. The van der Waals surface area contributed by atoms with E-state index in [4.69, 9.17) is 9.15 Å². The van der Waals surface area contributed by atoms with Gasteiger partial charge in [-0.15, -0.1) is 0 Å². The van der Waals surface area contributed by atoms with E-state index in [0.29, 0.717) is 12.5 Å². The molecule has 0 aliphatic heterocycles. The second-order valence-corrected chi connectivity index (χ2v) is 6.84. The van der Waals surface area contributed by atoms with Gasteiger partial charge in [0.2, 0.25) is 0 Å². The normalized spacial score (nSPS) is 16.8. The van der Waals surface area contributed by atoms with Crippen molar-refractivity contribution in [2.24, 2.45) is 11.8 Å². The number of nitrogens with one attached hydrogen (secondary N) is 1. The fourth-order valence-electron chi connectivity index (χ4n) is 2.99. The maximum Gasteiger partial charge on any atom is 0.118 e. The van der Waals surface area contributed by atoms with E-state index in [1.165, 1.54) is 37.7 Å². The standard InChI is InChI=1S/C18H31NO2/c1-14(2)10-19-11-18-9-17(15(3)21-18)13-20-12-16-7-5-4-6-8-16/h9,14,16,19H,4-8,10-13H2,1-3H3. The average molecular weight is 293 g/mol. The Morgan fingerprint density at radius 2 is 2.05 bits per heavy atom. The highest BCUT2D eigenvalue weighted by Gasteiger charge is 2.14. The summed E-state index contributed by atoms with van der Waals surface area (Å²) < 4.78 is 11.7. The minimum absolute atomic E-state index is 0.666. The van der Waals surface area contributed by atoms with Crippen LogP contribution in [0.15, 0.2) is 10.5 Å². The van der Waals surface area contributed by atoms with Crippen LogP contribution in [-0.2, 0) is 17.9 Å². The van der Waals surface area contributed by atoms with Crippen LogP contribution in [0.5, 0.6) is 0 Å². The average Bonchev–Trinajstić information content (AvgIpc) is 2.80. The zero-order valence-corrected chi connectivity index (χ0v) is 13.9. The fourth-order valence-corrected chi connectivity index (χ4v) is 2.99. The zero-order chi connectivity index (χ0) is 15.1. The molecular formula is C18H31NO2. The molecule has 1 aliphatic rings. The Morgan fingerprint density at radius 3 is 2.76 bits per heavy atom. The highest BCUT2D eigenvalue weighted by atomic mass is 16.5. The molecule has 1 N–H and O–H groups in total. The predicted molar refractivity (Wildman–Crippen MR) is 86.2 cm³/mol. The van der Waals surface area contributed by atoms with Crippen LogP contribution in [0.1, 0.15) is 63.0 Å². The Kier molecular flexibility index (Phi) is 6.78. The third-order valence-corrected chi connectivity index (χ3v) is 4.26. The first-order valence-corrected chi connectivity index (χ1v) is 8.51. The van der Waals surface area contributed by atoms with Crippen molar-refractivity contribution < 1.29 is 9.15 Å². The topological polar surface area (TPSA) is 34.4 Å². The van der Waals surface area contributed by atoms with Crippen LogP contribution in [0.25, 0.3) is 0 Å². The first-order chi connectivity index (χ1) is 10.1. The molecule has 0 unspecified atom stereocenters. The number of rotatable bonds is 8. The van der Waals surface area contributed by atoms with E-state index in [0.717, 1.165) is 37.1 Å². The molecule has 0 saturated heterocycles. The van der Waals surface area contributed by atoms with Crippen molar-refractivity contribution >= 4 is 0 Å². The molecule has 1 heterocycles. The lowest BCUT2D eigenvalue weighted by Crippen LogP contribution is -2.18. The Hall–Kier alpha value is -0.800. The van der Waals surface area contributed by atoms with Gasteiger partial charge in [0.25, 0.3) is 0 Å². The molecule has 1 fully saturated rings. The Labute approximate surface area is 129 Å². The summed E-state index contributed by atoms with van der Waals surface area (Å²) in [4.78, 5) is 0. The van der Waals surface area contributed by atoms with Crippen molar-refractivity contribution in [3.8, 4) is 0 Å². The molecule has 21 heavy (non-hydrogen) atoms. The van der Waals surface area contributed by atoms with Gasteiger partial charge in [-0.25, -0.2) is 0 Å². The number of ether oxygens (including phenoxy) is 1. The molecule has 1 aromatic heterocycles. The van der Waals surface area contributed by atoms with Gasteiger partial charge >= 0.3 is 0 Å². The molecule has 0 aromatic carbocycles. The van der Waals surface area contributed by atoms with Gasteiger partial charge in [-0.05, 0) is 44.2 Å². The molecule has 1 aromatic rings. The number of hydrogen-bond donors (Lipinski definition) is 1. The van der Waals surface area contributed by atoms with E-state index in [9.17, 15) is 0 Å². The summed E-state index contributed by atoms with van der Waals surface area (Å²) in [5.41, 5.74) is 1.20. The van der Waals surface area contributed by atoms with E-state index in [-0.39, 0.29) is 0 Å². The van der Waals surface area contributed by atoms with Gasteiger partial charge in [0, 0.05) is 12.2 Å². The molecule has 3 nitrogen and oxygen atoms in total. The molecular weight excluding hydrogens is 262 g/mol. The van der Waals surface area contributed by atoms with Crippen LogP contribution >= 0.6 is 0 Å². The summed E-state index contributed by atoms with van der Waals surface area (Å²) >= 11 is 0. The van der Waals surface area contributed by atoms with E-state index in [1.54, 1.807) is 0 Å². The second-order valence-electron chi connectivity index (χ2n) is 6.84. The quantitative estimate of drug-likeness (QED) is 0.770. The van der Waals surface area contributed by atoms with Gasteiger partial charge < -0.3 is 14.5 Å². The van der Waals surface area contributed by atoms with Crippen molar-refractivity contribution in [2.45, 2.75) is 66.0 Å². The molecule has 0 radical (unpaired) electrons. The van der Waals surface area contributed by atoms with E-state index >= 15 is 0 Å². The highest BCUT2D eigenvalue weighted by molar-refractivity contribution is 5.19. The first-order valence-electron chi connectivity index (χ1n) is 8.51. The zero-order valence-electron chi connectivity index (χ0n) is 13.9. The second kappa shape index (κ2) is 8.60. The lowest BCUT2D eigenvalue weighted by molar-refractivity contribution is 0.0732. The molecule has 120 valence electrons. The molecule has 3 heteroatoms. The minimum atomic E-state index is 0.666. The summed E-state index contributed by atoms with van der Waals surface area (Å²) in [7, 11) is 0. The lowest BCUT2D eigenvalue weighted by Gasteiger charge is -2.21. The maximum atomic E-state index is 5.92. The van der Waals surface area contributed by atoms with Crippen molar-refractivity contribution in [2.75, 3.05) is 13.2 Å². The largest absolute Gasteiger partial charge is 0.465 e. The molecule has 0 atom stereocenters. The summed E-state index contributed by atoms with van der Waals surface area (Å²) in [6, 6.07) is 2.14. The number of furan rings is 1. The third-order valence-electron chi connectivity index (χ3n) is 4.26. The van der Waals surface area contributed by atoms with Gasteiger partial charge in [-0.1, -0.05) is 33.1 Å². The predicted octanol–water partition coefficient (Wildman–Crippen LogP) is 4.43. The van der Waals surface area contributed by atoms with E-state index in [1.807, 2.05) is 6.92 Å². The van der Waals surface area contributed by atoms with Gasteiger partial charge in [-0.3, -0.25) is 0 Å². The summed E-state index contributed by atoms with van der Waals surface area (Å²) in [6.07, 6.45) is 6.85. The van der Waals surface area contributed by atoms with Crippen molar-refractivity contribution in [3.63, 3.8) is 0 Å². The summed E-state index contributed by atoms with van der Waals surface area (Å²) in [6.45, 7) is 9.89. The minimum Gasteiger partial charge on any atom is -0.465 e. The number of hydrogen-bond acceptors (Lipinski definition) is 3. The van der Waals surface area contributed by atoms with Gasteiger partial charge in [0.05, 0.1) is 13.2 Å². The molecule has 1 saturated carbocycles. The molecule has 1 aliphatic carbocycles. The third kappa shape index (κ3) is 5.84. The van der Waals surface area contributed by atoms with Crippen LogP contribution in [0, 0.1) is 18.8 Å². The maximum absolute atomic E-state index is 5.92. The van der Waals surface area contributed by atoms with Crippen LogP contribution < -0.4 is 5.32 Å². The number of aryl methyl sites for hydroxylation is 1. The van der Waals surface area contributed by atoms with Gasteiger partial charge in [0.1, 0.15) is 11.5 Å². The lowest BCUT2D eigenvalue weighted by atomic mass is 9.90. The Bertz CT molecular complexity index is 405. The molecule has 0 amide bonds. The van der Waals surface area contributed by atoms with Crippen molar-refractivity contribution in [3.05, 3.63) is 23.2 Å². The Balaban J connectivity index is 1.71. The molecule has 0 bridgehead atoms. The first kappa shape index (κ1) is 16.6. The van der Waals surface area contributed by atoms with Crippen LogP contribution in [0.4, 0.5) is 0 Å². The van der Waals surface area contributed by atoms with Crippen molar-refractivity contribution in [1.29, 1.82) is 0 Å². The summed E-state index contributed by atoms with van der Waals surface area (Å²) in [5, 5.41) is 3.41. The van der Waals surface area contributed by atoms with Gasteiger partial charge in [0.15, 0.2) is 0 Å². The van der Waals surface area contributed by atoms with Crippen LogP contribution in [-0.4, -0.2) is 13.2 Å².